The highest BCUT2D eigenvalue weighted by atomic mass is 15.1. The molecule has 0 radical (unpaired) electrons. The highest BCUT2D eigenvalue weighted by molar-refractivity contribution is 5.97. The minimum absolute atomic E-state index is 1.12. The average molecular weight is 671 g/mol. The summed E-state index contributed by atoms with van der Waals surface area (Å²) in [7, 11) is 0. The average Bonchev–Trinajstić information content (AvgIpc) is 3.47. The van der Waals surface area contributed by atoms with Gasteiger partial charge in [0.15, 0.2) is 0 Å². The first-order valence-corrected chi connectivity index (χ1v) is 18.0. The fourth-order valence-corrected chi connectivity index (χ4v) is 7.33. The van der Waals surface area contributed by atoms with Gasteiger partial charge in [0.25, 0.3) is 0 Å². The van der Waals surface area contributed by atoms with Crippen LogP contribution in [0.1, 0.15) is 32.0 Å². The minimum atomic E-state index is 1.12. The Labute approximate surface area is 306 Å². The second kappa shape index (κ2) is 14.1. The molecule has 1 heterocycles. The van der Waals surface area contributed by atoms with Crippen LogP contribution in [0.5, 0.6) is 0 Å². The van der Waals surface area contributed by atoms with E-state index < -0.39 is 0 Å². The van der Waals surface area contributed by atoms with Crippen molar-refractivity contribution in [3.63, 3.8) is 0 Å². The smallest absolute Gasteiger partial charge is 0.0537 e. The zero-order valence-electron chi connectivity index (χ0n) is 30.2. The first-order chi connectivity index (χ1) is 25.5. The number of para-hydroxylation sites is 1. The molecule has 252 valence electrons. The Balaban J connectivity index is 1.19. The molecule has 0 saturated carbocycles. The first kappa shape index (κ1) is 32.8. The van der Waals surface area contributed by atoms with E-state index in [1.54, 1.807) is 0 Å². The summed E-state index contributed by atoms with van der Waals surface area (Å²) >= 11 is 0. The Kier molecular flexibility index (Phi) is 8.89. The van der Waals surface area contributed by atoms with Gasteiger partial charge in [-0.2, -0.15) is 0 Å². The van der Waals surface area contributed by atoms with Crippen molar-refractivity contribution in [2.75, 3.05) is 4.90 Å². The molecule has 0 aliphatic rings. The largest absolute Gasteiger partial charge is 0.314 e. The van der Waals surface area contributed by atoms with Crippen LogP contribution in [0.25, 0.3) is 55.3 Å². The van der Waals surface area contributed by atoms with E-state index in [4.69, 9.17) is 0 Å². The van der Waals surface area contributed by atoms with Crippen molar-refractivity contribution >= 4 is 49.9 Å². The molecule has 2 heteroatoms. The van der Waals surface area contributed by atoms with Crippen molar-refractivity contribution in [2.24, 2.45) is 0 Å². The summed E-state index contributed by atoms with van der Waals surface area (Å²) in [6, 6.07) is 58.8. The number of nitrogens with zero attached hydrogens (tertiary/aromatic N) is 2. The monoisotopic (exact) mass is 670 g/mol. The number of allylic oxidation sites excluding steroid dienone is 5. The lowest BCUT2D eigenvalue weighted by Gasteiger charge is -2.27. The molecule has 0 atom stereocenters. The highest BCUT2D eigenvalue weighted by Crippen LogP contribution is 2.37. The van der Waals surface area contributed by atoms with Gasteiger partial charge in [-0.25, -0.2) is 0 Å². The molecule has 0 amide bonds. The van der Waals surface area contributed by atoms with Crippen LogP contribution in [-0.2, 0) is 0 Å². The predicted molar refractivity (Wildman–Crippen MR) is 225 cm³/mol. The molecule has 0 saturated heterocycles. The molecule has 1 aromatic heterocycles. The standard InChI is InChI=1S/C50H42N2/c1-35(36(2)33-50-38(4)46-21-12-13-23-48(46)52(50)45-32-29-40-17-8-9-19-43(40)34-45)25-26-37(3)51(49-24-14-20-42-18-10-11-22-47(42)49)44-30-27-41(28-31-44)39-15-6-5-7-16-39/h5-34H,1-4H3/b35-25+,36-33+,37-26+. The number of aromatic nitrogens is 1. The van der Waals surface area contributed by atoms with Gasteiger partial charge in [-0.1, -0.05) is 133 Å². The maximum Gasteiger partial charge on any atom is 0.0537 e. The number of fused-ring (bicyclic) bond motifs is 3. The van der Waals surface area contributed by atoms with Crippen LogP contribution in [0, 0.1) is 6.92 Å². The molecular weight excluding hydrogens is 629 g/mol. The van der Waals surface area contributed by atoms with Crippen molar-refractivity contribution in [3.05, 3.63) is 204 Å². The van der Waals surface area contributed by atoms with Crippen LogP contribution in [0.3, 0.4) is 0 Å². The summed E-state index contributed by atoms with van der Waals surface area (Å²) < 4.78 is 2.41. The number of aryl methyl sites for hydroxylation is 1. The lowest BCUT2D eigenvalue weighted by atomic mass is 10.0. The molecule has 0 N–H and O–H groups in total. The molecule has 7 aromatic carbocycles. The molecule has 0 spiro atoms. The van der Waals surface area contributed by atoms with Gasteiger partial charge in [-0.3, -0.25) is 0 Å². The summed E-state index contributed by atoms with van der Waals surface area (Å²) in [5.41, 5.74) is 13.2. The predicted octanol–water partition coefficient (Wildman–Crippen LogP) is 14.0. The number of hydrogen-bond acceptors (Lipinski definition) is 1. The Morgan fingerprint density at radius 3 is 1.94 bits per heavy atom. The number of benzene rings is 7. The van der Waals surface area contributed by atoms with E-state index >= 15 is 0 Å². The van der Waals surface area contributed by atoms with E-state index in [2.05, 4.69) is 219 Å². The third kappa shape index (κ3) is 6.25. The number of hydrogen-bond donors (Lipinski definition) is 0. The Hall–Kier alpha value is -6.38. The minimum Gasteiger partial charge on any atom is -0.314 e. The van der Waals surface area contributed by atoms with Gasteiger partial charge in [-0.15, -0.1) is 0 Å². The van der Waals surface area contributed by atoms with Gasteiger partial charge < -0.3 is 9.47 Å². The van der Waals surface area contributed by atoms with Crippen LogP contribution in [0.4, 0.5) is 11.4 Å². The second-order valence-corrected chi connectivity index (χ2v) is 13.6. The molecule has 0 bridgehead atoms. The molecule has 2 nitrogen and oxygen atoms in total. The van der Waals surface area contributed by atoms with E-state index in [0.29, 0.717) is 0 Å². The zero-order valence-corrected chi connectivity index (χ0v) is 30.2. The van der Waals surface area contributed by atoms with Crippen molar-refractivity contribution in [3.8, 4) is 16.8 Å². The summed E-state index contributed by atoms with van der Waals surface area (Å²) in [5.74, 6) is 0. The maximum atomic E-state index is 2.41. The third-order valence-corrected chi connectivity index (χ3v) is 10.3. The molecule has 0 fully saturated rings. The van der Waals surface area contributed by atoms with Gasteiger partial charge in [0, 0.05) is 27.8 Å². The van der Waals surface area contributed by atoms with Crippen molar-refractivity contribution in [1.29, 1.82) is 0 Å². The molecule has 0 unspecified atom stereocenters. The Bertz CT molecular complexity index is 2650. The van der Waals surface area contributed by atoms with Crippen LogP contribution < -0.4 is 4.90 Å². The third-order valence-electron chi connectivity index (χ3n) is 10.3. The van der Waals surface area contributed by atoms with Gasteiger partial charge in [0.1, 0.15) is 0 Å². The lowest BCUT2D eigenvalue weighted by molar-refractivity contribution is 1.10. The van der Waals surface area contributed by atoms with Crippen molar-refractivity contribution in [1.82, 2.24) is 4.57 Å². The lowest BCUT2D eigenvalue weighted by Crippen LogP contribution is -2.14. The van der Waals surface area contributed by atoms with E-state index in [-0.39, 0.29) is 0 Å². The Morgan fingerprint density at radius 2 is 1.15 bits per heavy atom. The topological polar surface area (TPSA) is 8.17 Å². The summed E-state index contributed by atoms with van der Waals surface area (Å²) in [6.07, 6.45) is 6.87. The summed E-state index contributed by atoms with van der Waals surface area (Å²) in [5, 5.41) is 6.21. The van der Waals surface area contributed by atoms with Gasteiger partial charge >= 0.3 is 0 Å². The quantitative estimate of drug-likeness (QED) is 0.146. The number of rotatable bonds is 8. The molecular formula is C50H42N2. The highest BCUT2D eigenvalue weighted by Gasteiger charge is 2.16. The van der Waals surface area contributed by atoms with E-state index in [1.807, 2.05) is 0 Å². The second-order valence-electron chi connectivity index (χ2n) is 13.6. The van der Waals surface area contributed by atoms with Crippen LogP contribution in [0.2, 0.25) is 0 Å². The van der Waals surface area contributed by atoms with Gasteiger partial charge in [0.2, 0.25) is 0 Å². The molecule has 8 rings (SSSR count). The summed E-state index contributed by atoms with van der Waals surface area (Å²) in [4.78, 5) is 2.38. The zero-order chi connectivity index (χ0) is 35.6. The van der Waals surface area contributed by atoms with Crippen LogP contribution in [-0.4, -0.2) is 4.57 Å². The Morgan fingerprint density at radius 1 is 0.519 bits per heavy atom. The van der Waals surface area contributed by atoms with Gasteiger partial charge in [0.05, 0.1) is 16.9 Å². The normalized spacial score (nSPS) is 12.6. The van der Waals surface area contributed by atoms with Crippen LogP contribution >= 0.6 is 0 Å². The van der Waals surface area contributed by atoms with Crippen molar-refractivity contribution in [2.45, 2.75) is 27.7 Å². The van der Waals surface area contributed by atoms with E-state index in [9.17, 15) is 0 Å². The SMILES string of the molecule is CC(=C\C=C(/C)N(c1ccc(-c2ccccc2)cc1)c1cccc2ccccc12)/C(C)=C/c1c(C)c2ccccc2n1-c1ccc2ccccc2c1. The fraction of sp³-hybridized carbons (Fsp3) is 0.0800. The number of anilines is 2. The molecule has 0 aliphatic heterocycles. The fourth-order valence-electron chi connectivity index (χ4n) is 7.33. The van der Waals surface area contributed by atoms with E-state index in [0.717, 1.165) is 17.1 Å². The van der Waals surface area contributed by atoms with Crippen LogP contribution in [0.15, 0.2) is 193 Å². The molecule has 52 heavy (non-hydrogen) atoms. The molecule has 8 aromatic rings. The van der Waals surface area contributed by atoms with E-state index in [1.165, 1.54) is 71.7 Å². The van der Waals surface area contributed by atoms with Crippen molar-refractivity contribution < 1.29 is 0 Å². The summed E-state index contributed by atoms with van der Waals surface area (Å²) in [6.45, 7) is 8.89. The molecule has 0 aliphatic carbocycles. The van der Waals surface area contributed by atoms with Gasteiger partial charge in [-0.05, 0) is 120 Å². The maximum absolute atomic E-state index is 2.41. The first-order valence-electron chi connectivity index (χ1n) is 18.0.